The van der Waals surface area contributed by atoms with Crippen LogP contribution >= 0.6 is 15.9 Å². The Hall–Kier alpha value is -2.08. The third kappa shape index (κ3) is 3.68. The molecule has 2 aromatic rings. The van der Waals surface area contributed by atoms with Crippen LogP contribution in [0.1, 0.15) is 59.9 Å². The first-order chi connectivity index (χ1) is 13.0. The number of hydrogen-bond donors (Lipinski definition) is 1. The molecule has 5 nitrogen and oxygen atoms in total. The van der Waals surface area contributed by atoms with Gasteiger partial charge in [0.2, 0.25) is 0 Å². The van der Waals surface area contributed by atoms with Gasteiger partial charge in [0.15, 0.2) is 10.4 Å². The molecule has 2 fully saturated rings. The summed E-state index contributed by atoms with van der Waals surface area (Å²) in [7, 11) is 0. The molecule has 1 saturated carbocycles. The standard InChI is InChI=1S/C21H23BrN2O3/c1-13-11-14-5-2-3-8-17(14)24(13)21(26)15-6-4-7-16(12-15)23-20(25)18-9-10-19(22)27-18/h4,6-7,9-10,12-14,17H,2-3,5,8,11H2,1H3,(H,23,25). The largest absolute Gasteiger partial charge is 0.444 e. The van der Waals surface area contributed by atoms with Crippen molar-refractivity contribution in [1.29, 1.82) is 0 Å². The van der Waals surface area contributed by atoms with E-state index in [0.717, 1.165) is 12.8 Å². The van der Waals surface area contributed by atoms with Gasteiger partial charge < -0.3 is 14.6 Å². The Bertz CT molecular complexity index is 863. The van der Waals surface area contributed by atoms with Gasteiger partial charge in [-0.15, -0.1) is 0 Å². The molecule has 142 valence electrons. The van der Waals surface area contributed by atoms with E-state index in [9.17, 15) is 9.59 Å². The third-order valence-corrected chi connectivity index (χ3v) is 6.17. The molecule has 0 bridgehead atoms. The van der Waals surface area contributed by atoms with Crippen LogP contribution in [0.4, 0.5) is 5.69 Å². The fraction of sp³-hybridized carbons (Fsp3) is 0.429. The lowest BCUT2D eigenvalue weighted by Gasteiger charge is -2.33. The number of nitrogens with one attached hydrogen (secondary N) is 1. The summed E-state index contributed by atoms with van der Waals surface area (Å²) in [5, 5.41) is 2.80. The average molecular weight is 431 g/mol. The maximum atomic E-state index is 13.2. The van der Waals surface area contributed by atoms with Crippen molar-refractivity contribution in [3.05, 3.63) is 52.4 Å². The Morgan fingerprint density at radius 1 is 1.19 bits per heavy atom. The highest BCUT2D eigenvalue weighted by atomic mass is 79.9. The highest BCUT2D eigenvalue weighted by Crippen LogP contribution is 2.40. The Kier molecular flexibility index (Phi) is 5.08. The molecule has 2 amide bonds. The monoisotopic (exact) mass is 430 g/mol. The number of hydrogen-bond acceptors (Lipinski definition) is 3. The van der Waals surface area contributed by atoms with E-state index in [2.05, 4.69) is 33.1 Å². The van der Waals surface area contributed by atoms with Gasteiger partial charge in [-0.05, 0) is 78.4 Å². The van der Waals surface area contributed by atoms with Crippen molar-refractivity contribution in [3.63, 3.8) is 0 Å². The molecule has 1 aromatic carbocycles. The summed E-state index contributed by atoms with van der Waals surface area (Å²) in [4.78, 5) is 27.6. The van der Waals surface area contributed by atoms with Crippen LogP contribution in [0, 0.1) is 5.92 Å². The zero-order valence-electron chi connectivity index (χ0n) is 15.3. The van der Waals surface area contributed by atoms with E-state index in [4.69, 9.17) is 4.42 Å². The summed E-state index contributed by atoms with van der Waals surface area (Å²) in [6.45, 7) is 2.15. The Balaban J connectivity index is 1.51. The molecule has 1 saturated heterocycles. The molecule has 6 heteroatoms. The van der Waals surface area contributed by atoms with Gasteiger partial charge >= 0.3 is 0 Å². The zero-order valence-corrected chi connectivity index (χ0v) is 16.9. The minimum Gasteiger partial charge on any atom is -0.444 e. The van der Waals surface area contributed by atoms with E-state index in [1.165, 1.54) is 19.3 Å². The molecule has 2 aliphatic rings. The highest BCUT2D eigenvalue weighted by molar-refractivity contribution is 9.10. The van der Waals surface area contributed by atoms with Gasteiger partial charge in [-0.1, -0.05) is 18.9 Å². The minimum absolute atomic E-state index is 0.0637. The van der Waals surface area contributed by atoms with Crippen LogP contribution in [0.2, 0.25) is 0 Å². The van der Waals surface area contributed by atoms with Gasteiger partial charge in [0.25, 0.3) is 11.8 Å². The lowest BCUT2D eigenvalue weighted by molar-refractivity contribution is 0.0633. The number of benzene rings is 1. The van der Waals surface area contributed by atoms with Crippen LogP contribution in [-0.4, -0.2) is 28.8 Å². The van der Waals surface area contributed by atoms with Crippen LogP contribution in [0.5, 0.6) is 0 Å². The summed E-state index contributed by atoms with van der Waals surface area (Å²) >= 11 is 3.19. The quantitative estimate of drug-likeness (QED) is 0.737. The lowest BCUT2D eigenvalue weighted by atomic mass is 9.85. The van der Waals surface area contributed by atoms with Crippen LogP contribution < -0.4 is 5.32 Å². The molecule has 0 radical (unpaired) electrons. The zero-order chi connectivity index (χ0) is 19.0. The van der Waals surface area contributed by atoms with Crippen LogP contribution in [-0.2, 0) is 0 Å². The first kappa shape index (κ1) is 18.3. The smallest absolute Gasteiger partial charge is 0.291 e. The predicted octanol–water partition coefficient (Wildman–Crippen LogP) is 5.09. The number of anilines is 1. The number of likely N-dealkylation sites (tertiary alicyclic amines) is 1. The van der Waals surface area contributed by atoms with Gasteiger partial charge in [0.05, 0.1) is 0 Å². The van der Waals surface area contributed by atoms with Gasteiger partial charge in [-0.25, -0.2) is 0 Å². The fourth-order valence-electron chi connectivity index (χ4n) is 4.57. The number of fused-ring (bicyclic) bond motifs is 1. The van der Waals surface area contributed by atoms with E-state index in [1.807, 2.05) is 6.07 Å². The molecular formula is C21H23BrN2O3. The van der Waals surface area contributed by atoms with Crippen molar-refractivity contribution < 1.29 is 14.0 Å². The molecular weight excluding hydrogens is 408 g/mol. The molecule has 1 aliphatic heterocycles. The number of carbonyl (C=O) groups excluding carboxylic acids is 2. The molecule has 27 heavy (non-hydrogen) atoms. The van der Waals surface area contributed by atoms with E-state index < -0.39 is 0 Å². The van der Waals surface area contributed by atoms with E-state index in [0.29, 0.717) is 27.9 Å². The first-order valence-electron chi connectivity index (χ1n) is 9.52. The van der Waals surface area contributed by atoms with Crippen molar-refractivity contribution in [2.24, 2.45) is 5.92 Å². The minimum atomic E-state index is -0.341. The summed E-state index contributed by atoms with van der Waals surface area (Å²) < 4.78 is 5.78. The van der Waals surface area contributed by atoms with Crippen LogP contribution in [0.15, 0.2) is 45.5 Å². The number of rotatable bonds is 3. The Morgan fingerprint density at radius 3 is 2.78 bits per heavy atom. The topological polar surface area (TPSA) is 62.6 Å². The fourth-order valence-corrected chi connectivity index (χ4v) is 4.87. The number of nitrogens with zero attached hydrogens (tertiary/aromatic N) is 1. The maximum Gasteiger partial charge on any atom is 0.291 e. The summed E-state index contributed by atoms with van der Waals surface area (Å²) in [5.41, 5.74) is 1.21. The van der Waals surface area contributed by atoms with E-state index in [1.54, 1.807) is 30.3 Å². The van der Waals surface area contributed by atoms with Crippen molar-refractivity contribution in [2.45, 2.75) is 51.1 Å². The summed E-state index contributed by atoms with van der Waals surface area (Å²) in [6.07, 6.45) is 5.91. The van der Waals surface area contributed by atoms with E-state index >= 15 is 0 Å². The van der Waals surface area contributed by atoms with Crippen molar-refractivity contribution in [1.82, 2.24) is 4.90 Å². The van der Waals surface area contributed by atoms with Crippen molar-refractivity contribution in [3.8, 4) is 0 Å². The molecule has 3 unspecified atom stereocenters. The lowest BCUT2D eigenvalue weighted by Crippen LogP contribution is -2.42. The molecule has 2 heterocycles. The SMILES string of the molecule is CC1CC2CCCCC2N1C(=O)c1cccc(NC(=O)c2ccc(Br)o2)c1. The third-order valence-electron chi connectivity index (χ3n) is 5.74. The van der Waals surface area contributed by atoms with Crippen molar-refractivity contribution >= 4 is 33.4 Å². The van der Waals surface area contributed by atoms with Crippen LogP contribution in [0.3, 0.4) is 0 Å². The number of carbonyl (C=O) groups is 2. The predicted molar refractivity (Wildman–Crippen MR) is 107 cm³/mol. The molecule has 3 atom stereocenters. The van der Waals surface area contributed by atoms with Crippen LogP contribution in [0.25, 0.3) is 0 Å². The highest BCUT2D eigenvalue weighted by Gasteiger charge is 2.42. The Morgan fingerprint density at radius 2 is 2.00 bits per heavy atom. The molecule has 4 rings (SSSR count). The van der Waals surface area contributed by atoms with Gasteiger partial charge in [0.1, 0.15) is 0 Å². The second kappa shape index (κ2) is 7.50. The van der Waals surface area contributed by atoms with Gasteiger partial charge in [-0.2, -0.15) is 0 Å². The molecule has 1 aliphatic carbocycles. The number of amides is 2. The van der Waals surface area contributed by atoms with Crippen molar-refractivity contribution in [2.75, 3.05) is 5.32 Å². The normalized spacial score (nSPS) is 24.5. The van der Waals surface area contributed by atoms with Gasteiger partial charge in [-0.3, -0.25) is 9.59 Å². The summed E-state index contributed by atoms with van der Waals surface area (Å²) in [5.74, 6) is 0.579. The van der Waals surface area contributed by atoms with E-state index in [-0.39, 0.29) is 23.6 Å². The maximum absolute atomic E-state index is 13.2. The summed E-state index contributed by atoms with van der Waals surface area (Å²) in [6, 6.07) is 11.1. The second-order valence-electron chi connectivity index (χ2n) is 7.55. The van der Waals surface area contributed by atoms with Gasteiger partial charge in [0, 0.05) is 23.3 Å². The average Bonchev–Trinajstić information content (AvgIpc) is 3.24. The molecule has 1 aromatic heterocycles. The number of halogens is 1. The molecule has 1 N–H and O–H groups in total. The number of furan rings is 1. The Labute approximate surface area is 167 Å². The molecule has 0 spiro atoms. The first-order valence-corrected chi connectivity index (χ1v) is 10.3. The second-order valence-corrected chi connectivity index (χ2v) is 8.33.